The first-order chi connectivity index (χ1) is 12.2. The zero-order valence-corrected chi connectivity index (χ0v) is 13.3. The van der Waals surface area contributed by atoms with E-state index in [-0.39, 0.29) is 11.6 Å². The van der Waals surface area contributed by atoms with Gasteiger partial charge in [-0.05, 0) is 29.7 Å². The summed E-state index contributed by atoms with van der Waals surface area (Å²) in [5.41, 5.74) is 3.20. The van der Waals surface area contributed by atoms with Crippen molar-refractivity contribution in [2.75, 3.05) is 5.32 Å². The van der Waals surface area contributed by atoms with E-state index in [4.69, 9.17) is 0 Å². The molecule has 0 unspecified atom stereocenters. The molecule has 120 valence electrons. The first kappa shape index (κ1) is 15.0. The van der Waals surface area contributed by atoms with Crippen molar-refractivity contribution in [1.29, 1.82) is 0 Å². The van der Waals surface area contributed by atoms with Gasteiger partial charge in [0.25, 0.3) is 0 Å². The van der Waals surface area contributed by atoms with Crippen molar-refractivity contribution in [1.82, 2.24) is 0 Å². The molecule has 4 nitrogen and oxygen atoms in total. The molecular formula is C21H14N2O2. The fourth-order valence-corrected chi connectivity index (χ4v) is 2.96. The number of benzene rings is 3. The van der Waals surface area contributed by atoms with Gasteiger partial charge in [-0.3, -0.25) is 9.59 Å². The molecule has 0 saturated carbocycles. The lowest BCUT2D eigenvalue weighted by Crippen LogP contribution is -2.10. The monoisotopic (exact) mass is 326 g/mol. The fraction of sp³-hybridized carbons (Fsp3) is 0. The van der Waals surface area contributed by atoms with Gasteiger partial charge in [0, 0.05) is 22.2 Å². The van der Waals surface area contributed by atoms with Gasteiger partial charge in [0.2, 0.25) is 0 Å². The number of fused-ring (bicyclic) bond motifs is 1. The van der Waals surface area contributed by atoms with Crippen molar-refractivity contribution in [3.05, 3.63) is 83.9 Å². The second-order valence-electron chi connectivity index (χ2n) is 5.69. The quantitative estimate of drug-likeness (QED) is 0.659. The Morgan fingerprint density at radius 3 is 2.04 bits per heavy atom. The Morgan fingerprint density at radius 1 is 0.720 bits per heavy atom. The maximum Gasteiger partial charge on any atom is 0.186 e. The smallest absolute Gasteiger partial charge is 0.186 e. The lowest BCUT2D eigenvalue weighted by molar-refractivity contribution is 0.0994. The van der Waals surface area contributed by atoms with Crippen molar-refractivity contribution < 1.29 is 9.59 Å². The Balaban J connectivity index is 0.000000126. The number of ketones is 2. The first-order valence-corrected chi connectivity index (χ1v) is 7.90. The molecular weight excluding hydrogens is 312 g/mol. The third-order valence-electron chi connectivity index (χ3n) is 4.15. The summed E-state index contributed by atoms with van der Waals surface area (Å²) in [5, 5.41) is 5.59. The van der Waals surface area contributed by atoms with Crippen LogP contribution in [-0.2, 0) is 0 Å². The van der Waals surface area contributed by atoms with Gasteiger partial charge in [-0.2, -0.15) is 0 Å². The first-order valence-electron chi connectivity index (χ1n) is 7.90. The van der Waals surface area contributed by atoms with E-state index in [0.29, 0.717) is 11.1 Å². The van der Waals surface area contributed by atoms with Crippen molar-refractivity contribution in [2.24, 2.45) is 4.99 Å². The molecule has 0 atom stereocenters. The zero-order valence-electron chi connectivity index (χ0n) is 13.3. The molecule has 0 radical (unpaired) electrons. The van der Waals surface area contributed by atoms with Crippen molar-refractivity contribution >= 4 is 40.1 Å². The number of allylic oxidation sites excluding steroid dienone is 2. The number of aliphatic imine (C=N–C) groups is 1. The van der Waals surface area contributed by atoms with Gasteiger partial charge in [-0.1, -0.05) is 48.5 Å². The van der Waals surface area contributed by atoms with Crippen molar-refractivity contribution in [3.63, 3.8) is 0 Å². The number of carbonyl (C=O) groups excluding carboxylic acids is 2. The van der Waals surface area contributed by atoms with E-state index in [1.807, 2.05) is 18.2 Å². The molecule has 1 heterocycles. The van der Waals surface area contributed by atoms with Crippen LogP contribution in [-0.4, -0.2) is 17.9 Å². The second kappa shape index (κ2) is 6.17. The highest BCUT2D eigenvalue weighted by Gasteiger charge is 2.17. The summed E-state index contributed by atoms with van der Waals surface area (Å²) in [6.07, 6.45) is 4.35. The van der Waals surface area contributed by atoms with Crippen LogP contribution in [0.15, 0.2) is 77.8 Å². The Bertz CT molecular complexity index is 1020. The number of rotatable bonds is 0. The Kier molecular flexibility index (Phi) is 3.71. The van der Waals surface area contributed by atoms with Crippen LogP contribution < -0.4 is 5.32 Å². The Labute approximate surface area is 144 Å². The Morgan fingerprint density at radius 2 is 1.36 bits per heavy atom. The highest BCUT2D eigenvalue weighted by Crippen LogP contribution is 2.33. The number of nitrogens with one attached hydrogen (secondary N) is 1. The van der Waals surface area contributed by atoms with Gasteiger partial charge < -0.3 is 5.32 Å². The predicted octanol–water partition coefficient (Wildman–Crippen LogP) is 4.55. The van der Waals surface area contributed by atoms with Crippen LogP contribution in [0.5, 0.6) is 0 Å². The molecule has 0 spiro atoms. The van der Waals surface area contributed by atoms with E-state index in [1.54, 1.807) is 30.6 Å². The molecule has 0 bridgehead atoms. The van der Waals surface area contributed by atoms with Crippen LogP contribution in [0.3, 0.4) is 0 Å². The summed E-state index contributed by atoms with van der Waals surface area (Å²) in [5.74, 6) is -0.185. The molecule has 0 amide bonds. The zero-order chi connectivity index (χ0) is 17.2. The average Bonchev–Trinajstić information content (AvgIpc) is 2.67. The number of hydrogen-bond donors (Lipinski definition) is 1. The van der Waals surface area contributed by atoms with Gasteiger partial charge in [-0.25, -0.2) is 4.99 Å². The van der Waals surface area contributed by atoms with Crippen LogP contribution in [0.1, 0.15) is 20.7 Å². The number of nitrogens with zero attached hydrogens (tertiary/aromatic N) is 1. The third-order valence-corrected chi connectivity index (χ3v) is 4.15. The van der Waals surface area contributed by atoms with Gasteiger partial charge in [-0.15, -0.1) is 0 Å². The maximum absolute atomic E-state index is 11.2. The summed E-state index contributed by atoms with van der Waals surface area (Å²) in [6, 6.07) is 19.2. The third kappa shape index (κ3) is 2.74. The SMILES string of the molecule is C1=Nc2cccc3cccc(c23)N1.O=C1C=CC(=O)c2ccccc21. The normalized spacial score (nSPS) is 13.8. The molecule has 25 heavy (non-hydrogen) atoms. The minimum Gasteiger partial charge on any atom is -0.346 e. The number of carbonyl (C=O) groups is 2. The molecule has 1 aliphatic carbocycles. The predicted molar refractivity (Wildman–Crippen MR) is 100.0 cm³/mol. The minimum absolute atomic E-state index is 0.0924. The molecule has 1 N–H and O–H groups in total. The molecule has 2 aliphatic rings. The summed E-state index contributed by atoms with van der Waals surface area (Å²) in [4.78, 5) is 26.7. The molecule has 0 fully saturated rings. The van der Waals surface area contributed by atoms with Crippen LogP contribution in [0.2, 0.25) is 0 Å². The van der Waals surface area contributed by atoms with E-state index in [0.717, 1.165) is 11.4 Å². The molecule has 1 aliphatic heterocycles. The number of hydrogen-bond acceptors (Lipinski definition) is 4. The van der Waals surface area contributed by atoms with Crippen LogP contribution in [0.25, 0.3) is 10.8 Å². The van der Waals surface area contributed by atoms with E-state index >= 15 is 0 Å². The molecule has 0 saturated heterocycles. The summed E-state index contributed by atoms with van der Waals surface area (Å²) < 4.78 is 0. The van der Waals surface area contributed by atoms with E-state index < -0.39 is 0 Å². The molecule has 3 aromatic carbocycles. The fourth-order valence-electron chi connectivity index (χ4n) is 2.96. The van der Waals surface area contributed by atoms with Gasteiger partial charge in [0.1, 0.15) is 0 Å². The minimum atomic E-state index is -0.0924. The van der Waals surface area contributed by atoms with Crippen LogP contribution >= 0.6 is 0 Å². The topological polar surface area (TPSA) is 58.5 Å². The standard InChI is InChI=1S/C11H8N2.C10H6O2/c1-3-8-4-2-6-10-11(8)9(5-1)12-7-13-10;11-9-5-6-10(12)8-4-2-1-3-7(8)9/h1-7H,(H,12,13);1-6H. The summed E-state index contributed by atoms with van der Waals surface area (Å²) in [6.45, 7) is 0. The maximum atomic E-state index is 11.2. The van der Waals surface area contributed by atoms with Crippen LogP contribution in [0.4, 0.5) is 11.4 Å². The molecule has 3 aromatic rings. The van der Waals surface area contributed by atoms with Gasteiger partial charge >= 0.3 is 0 Å². The highest BCUT2D eigenvalue weighted by atomic mass is 16.1. The van der Waals surface area contributed by atoms with Crippen molar-refractivity contribution in [3.8, 4) is 0 Å². The van der Waals surface area contributed by atoms with Gasteiger partial charge in [0.05, 0.1) is 12.0 Å². The van der Waals surface area contributed by atoms with E-state index in [2.05, 4.69) is 28.5 Å². The lowest BCUT2D eigenvalue weighted by Gasteiger charge is -2.12. The van der Waals surface area contributed by atoms with Crippen LogP contribution in [0, 0.1) is 0 Å². The largest absolute Gasteiger partial charge is 0.346 e. The summed E-state index contributed by atoms with van der Waals surface area (Å²) >= 11 is 0. The second-order valence-corrected chi connectivity index (χ2v) is 5.69. The molecule has 0 aromatic heterocycles. The van der Waals surface area contributed by atoms with Gasteiger partial charge in [0.15, 0.2) is 11.6 Å². The number of anilines is 1. The average molecular weight is 326 g/mol. The van der Waals surface area contributed by atoms with Crippen molar-refractivity contribution in [2.45, 2.75) is 0 Å². The Hall–Kier alpha value is -3.53. The van der Waals surface area contributed by atoms with E-state index in [1.165, 1.54) is 22.9 Å². The highest BCUT2D eigenvalue weighted by molar-refractivity contribution is 6.21. The van der Waals surface area contributed by atoms with E-state index in [9.17, 15) is 9.59 Å². The lowest BCUT2D eigenvalue weighted by atomic mass is 9.95. The molecule has 4 heteroatoms. The molecule has 5 rings (SSSR count). The summed E-state index contributed by atoms with van der Waals surface area (Å²) in [7, 11) is 0.